The number of hydrogen-bond donors (Lipinski definition) is 2. The summed E-state index contributed by atoms with van der Waals surface area (Å²) in [6.07, 6.45) is 1.58. The molecule has 3 aromatic rings. The van der Waals surface area contributed by atoms with E-state index in [9.17, 15) is 9.18 Å². The molecular formula is C16H10FN3O. The number of carbonyl (C=O) groups is 1. The number of rotatable bonds is 2. The zero-order valence-corrected chi connectivity index (χ0v) is 10.9. The fourth-order valence-electron chi connectivity index (χ4n) is 2.22. The van der Waals surface area contributed by atoms with E-state index in [1.807, 2.05) is 6.07 Å². The molecule has 0 aliphatic carbocycles. The molecule has 0 bridgehead atoms. The first kappa shape index (κ1) is 12.9. The second-order valence-electron chi connectivity index (χ2n) is 4.64. The molecule has 4 nitrogen and oxygen atoms in total. The summed E-state index contributed by atoms with van der Waals surface area (Å²) >= 11 is 0. The molecule has 21 heavy (non-hydrogen) atoms. The number of nitrogens with one attached hydrogen (secondary N) is 1. The number of aromatic nitrogens is 1. The van der Waals surface area contributed by atoms with Crippen molar-refractivity contribution in [2.75, 3.05) is 5.73 Å². The van der Waals surface area contributed by atoms with Crippen molar-refractivity contribution in [3.8, 4) is 6.07 Å². The van der Waals surface area contributed by atoms with Crippen LogP contribution in [0.3, 0.4) is 0 Å². The van der Waals surface area contributed by atoms with E-state index in [-0.39, 0.29) is 11.5 Å². The number of fused-ring (bicyclic) bond motifs is 1. The maximum atomic E-state index is 13.2. The summed E-state index contributed by atoms with van der Waals surface area (Å²) in [5.74, 6) is -0.833. The summed E-state index contributed by atoms with van der Waals surface area (Å²) in [5, 5.41) is 9.60. The number of nitrogens with zero attached hydrogens (tertiary/aromatic N) is 1. The number of nitriles is 1. The molecule has 0 amide bonds. The van der Waals surface area contributed by atoms with Gasteiger partial charge in [0, 0.05) is 28.2 Å². The Hall–Kier alpha value is -3.13. The number of carbonyl (C=O) groups excluding carboxylic acids is 1. The number of halogens is 1. The van der Waals surface area contributed by atoms with Crippen LogP contribution in [0.2, 0.25) is 0 Å². The number of H-pyrrole nitrogens is 1. The Morgan fingerprint density at radius 1 is 1.24 bits per heavy atom. The van der Waals surface area contributed by atoms with Crippen molar-refractivity contribution in [2.45, 2.75) is 0 Å². The van der Waals surface area contributed by atoms with Gasteiger partial charge in [-0.2, -0.15) is 5.26 Å². The van der Waals surface area contributed by atoms with E-state index in [0.29, 0.717) is 22.1 Å². The van der Waals surface area contributed by atoms with Gasteiger partial charge in [0.1, 0.15) is 5.82 Å². The molecule has 0 aliphatic heterocycles. The van der Waals surface area contributed by atoms with Gasteiger partial charge < -0.3 is 10.7 Å². The second-order valence-corrected chi connectivity index (χ2v) is 4.64. The molecule has 0 saturated carbocycles. The summed E-state index contributed by atoms with van der Waals surface area (Å²) in [7, 11) is 0. The van der Waals surface area contributed by atoms with Crippen LogP contribution in [0.25, 0.3) is 10.9 Å². The third-order valence-electron chi connectivity index (χ3n) is 3.31. The summed E-state index contributed by atoms with van der Waals surface area (Å²) in [5.41, 5.74) is 7.37. The smallest absolute Gasteiger partial charge is 0.195 e. The first-order valence-corrected chi connectivity index (χ1v) is 6.21. The van der Waals surface area contributed by atoms with Gasteiger partial charge in [0.2, 0.25) is 0 Å². The Balaban J connectivity index is 2.13. The predicted molar refractivity (Wildman–Crippen MR) is 77.3 cm³/mol. The van der Waals surface area contributed by atoms with E-state index in [1.165, 1.54) is 12.1 Å². The minimum Gasteiger partial charge on any atom is -0.396 e. The highest BCUT2D eigenvalue weighted by Crippen LogP contribution is 2.23. The van der Waals surface area contributed by atoms with E-state index in [0.717, 1.165) is 11.6 Å². The molecule has 2 aromatic carbocycles. The molecule has 0 unspecified atom stereocenters. The van der Waals surface area contributed by atoms with Crippen LogP contribution in [0, 0.1) is 17.1 Å². The molecule has 1 heterocycles. The number of benzene rings is 2. The maximum absolute atomic E-state index is 13.2. The monoisotopic (exact) mass is 279 g/mol. The van der Waals surface area contributed by atoms with Gasteiger partial charge in [-0.25, -0.2) is 4.39 Å². The van der Waals surface area contributed by atoms with E-state index < -0.39 is 5.82 Å². The largest absolute Gasteiger partial charge is 0.396 e. The lowest BCUT2D eigenvalue weighted by Crippen LogP contribution is -2.02. The van der Waals surface area contributed by atoms with Gasteiger partial charge in [-0.3, -0.25) is 4.79 Å². The normalized spacial score (nSPS) is 10.5. The minimum atomic E-state index is -0.558. The van der Waals surface area contributed by atoms with Gasteiger partial charge in [-0.15, -0.1) is 0 Å². The molecule has 0 saturated heterocycles. The quantitative estimate of drug-likeness (QED) is 0.558. The lowest BCUT2D eigenvalue weighted by molar-refractivity contribution is 0.104. The molecule has 3 rings (SSSR count). The Bertz CT molecular complexity index is 906. The van der Waals surface area contributed by atoms with Gasteiger partial charge >= 0.3 is 0 Å². The SMILES string of the molecule is N#Cc1ccc2[nH]cc(C(=O)c3ccc(F)c(N)c3)c2c1. The fraction of sp³-hybridized carbons (Fsp3) is 0. The third-order valence-corrected chi connectivity index (χ3v) is 3.31. The van der Waals surface area contributed by atoms with E-state index in [2.05, 4.69) is 4.98 Å². The summed E-state index contributed by atoms with van der Waals surface area (Å²) in [6.45, 7) is 0. The van der Waals surface area contributed by atoms with Crippen molar-refractivity contribution in [1.82, 2.24) is 4.98 Å². The van der Waals surface area contributed by atoms with Crippen molar-refractivity contribution in [2.24, 2.45) is 0 Å². The molecule has 0 fully saturated rings. The van der Waals surface area contributed by atoms with Gasteiger partial charge in [0.15, 0.2) is 5.78 Å². The van der Waals surface area contributed by atoms with Crippen LogP contribution in [-0.2, 0) is 0 Å². The average Bonchev–Trinajstić information content (AvgIpc) is 2.92. The maximum Gasteiger partial charge on any atom is 0.195 e. The van der Waals surface area contributed by atoms with Gasteiger partial charge in [0.05, 0.1) is 17.3 Å². The van der Waals surface area contributed by atoms with Gasteiger partial charge in [-0.05, 0) is 36.4 Å². The van der Waals surface area contributed by atoms with Crippen LogP contribution in [0.5, 0.6) is 0 Å². The fourth-order valence-corrected chi connectivity index (χ4v) is 2.22. The first-order valence-electron chi connectivity index (χ1n) is 6.21. The first-order chi connectivity index (χ1) is 10.1. The van der Waals surface area contributed by atoms with Crippen LogP contribution in [-0.4, -0.2) is 10.8 Å². The number of nitrogen functional groups attached to an aromatic ring is 1. The standard InChI is InChI=1S/C16H10FN3O/c17-13-3-2-10(6-14(13)19)16(21)12-8-20-15-4-1-9(7-18)5-11(12)15/h1-6,8,20H,19H2. The molecule has 5 heteroatoms. The number of nitrogens with two attached hydrogens (primary N) is 1. The lowest BCUT2D eigenvalue weighted by atomic mass is 10.0. The van der Waals surface area contributed by atoms with Crippen molar-refractivity contribution >= 4 is 22.4 Å². The topological polar surface area (TPSA) is 82.7 Å². The molecule has 0 spiro atoms. The molecule has 0 atom stereocenters. The lowest BCUT2D eigenvalue weighted by Gasteiger charge is -2.02. The third kappa shape index (κ3) is 2.13. The number of ketones is 1. The Morgan fingerprint density at radius 3 is 2.76 bits per heavy atom. The Morgan fingerprint density at radius 2 is 2.05 bits per heavy atom. The molecule has 1 aromatic heterocycles. The number of aromatic amines is 1. The highest BCUT2D eigenvalue weighted by molar-refractivity contribution is 6.16. The number of hydrogen-bond acceptors (Lipinski definition) is 3. The van der Waals surface area contributed by atoms with Crippen LogP contribution in [0.4, 0.5) is 10.1 Å². The van der Waals surface area contributed by atoms with Gasteiger partial charge in [-0.1, -0.05) is 0 Å². The Kier molecular flexibility index (Phi) is 2.92. The highest BCUT2D eigenvalue weighted by atomic mass is 19.1. The number of anilines is 1. The van der Waals surface area contributed by atoms with Crippen molar-refractivity contribution in [3.05, 3.63) is 65.1 Å². The summed E-state index contributed by atoms with van der Waals surface area (Å²) < 4.78 is 13.2. The Labute approximate surface area is 119 Å². The second kappa shape index (κ2) is 4.76. The zero-order chi connectivity index (χ0) is 15.0. The van der Waals surface area contributed by atoms with E-state index >= 15 is 0 Å². The van der Waals surface area contributed by atoms with Crippen molar-refractivity contribution in [3.63, 3.8) is 0 Å². The van der Waals surface area contributed by atoms with Crippen LogP contribution in [0.1, 0.15) is 21.5 Å². The molecule has 3 N–H and O–H groups in total. The zero-order valence-electron chi connectivity index (χ0n) is 10.9. The van der Waals surface area contributed by atoms with Crippen molar-refractivity contribution < 1.29 is 9.18 Å². The van der Waals surface area contributed by atoms with E-state index in [4.69, 9.17) is 11.0 Å². The van der Waals surface area contributed by atoms with Crippen LogP contribution >= 0.6 is 0 Å². The van der Waals surface area contributed by atoms with E-state index in [1.54, 1.807) is 24.4 Å². The molecule has 0 radical (unpaired) electrons. The minimum absolute atomic E-state index is 0.0709. The van der Waals surface area contributed by atoms with Crippen molar-refractivity contribution in [1.29, 1.82) is 5.26 Å². The highest BCUT2D eigenvalue weighted by Gasteiger charge is 2.15. The van der Waals surface area contributed by atoms with Crippen LogP contribution < -0.4 is 5.73 Å². The summed E-state index contributed by atoms with van der Waals surface area (Å²) in [6, 6.07) is 11.0. The molecule has 0 aliphatic rings. The molecular weight excluding hydrogens is 269 g/mol. The van der Waals surface area contributed by atoms with Gasteiger partial charge in [0.25, 0.3) is 0 Å². The molecule has 102 valence electrons. The predicted octanol–water partition coefficient (Wildman–Crippen LogP) is 2.99. The van der Waals surface area contributed by atoms with Crippen LogP contribution in [0.15, 0.2) is 42.6 Å². The average molecular weight is 279 g/mol. The summed E-state index contributed by atoms with van der Waals surface area (Å²) in [4.78, 5) is 15.5.